The lowest BCUT2D eigenvalue weighted by molar-refractivity contribution is -0.144. The first-order chi connectivity index (χ1) is 48.0. The van der Waals surface area contributed by atoms with Gasteiger partial charge in [0, 0.05) is 91.9 Å². The standard InChI is InChI=1S/C66H90N10O19S6/c1-5-95-58(87)19-16-45-55(84)24-39(23-38-10-14-43(79)15-11-38)60(88)73-48-32-101-99-31-47(54(83)22-34(2)21-37-8-12-42(78)13-9-37)70-57(86)18-17-51(80)59(36(4)77)75-62(90)40-25-52(81)35(3)69-65(93)50-7-6-20-76(50)66(94)46(27-56(68)85)72-63(91)49(74-64(48)92)33-100-98-30-44(67)53(82)26-41(61(89)71-45)29-97-96-28-40/h8-15,34-36,39-41,44-50,59,77-79H,5-7,16-33,67H2,1-4H3,(H2,68,85)(H,69,93)(H,70,86)(H,71,89)(H,72,91)(H,73,88)(H,74,92)(H,75,90)/t34-,35+,36+,39-,40+,41+,44+,45+,46+,47+,48+,49?,50+,59+/m1/s1. The summed E-state index contributed by atoms with van der Waals surface area (Å²) in [6.45, 7) is 5.80. The fourth-order valence-electron chi connectivity index (χ4n) is 11.5. The number of primary amides is 1. The van der Waals surface area contributed by atoms with Gasteiger partial charge in [-0.1, -0.05) is 96.0 Å². The number of hydrogen-bond acceptors (Lipinski definition) is 26. The molecule has 2 aromatic rings. The fraction of sp³-hybridized carbons (Fsp3) is 0.591. The maximum Gasteiger partial charge on any atom is 0.305 e. The number of amides is 9. The van der Waals surface area contributed by atoms with Crippen molar-refractivity contribution in [1.29, 1.82) is 0 Å². The molecule has 0 radical (unpaired) electrons. The third kappa shape index (κ3) is 27.0. The molecule has 0 aromatic heterocycles. The number of phenolic OH excluding ortho intramolecular Hbond substituents is 2. The van der Waals surface area contributed by atoms with E-state index in [2.05, 4.69) is 37.2 Å². The Morgan fingerprint density at radius 2 is 1.17 bits per heavy atom. The van der Waals surface area contributed by atoms with Crippen molar-refractivity contribution in [3.8, 4) is 11.5 Å². The van der Waals surface area contributed by atoms with Crippen LogP contribution < -0.4 is 48.7 Å². The number of aromatic hydroxyl groups is 2. The van der Waals surface area contributed by atoms with Gasteiger partial charge in [-0.3, -0.25) is 71.9 Å². The molecule has 2 aromatic carbocycles. The molecule has 554 valence electrons. The Kier molecular flexibility index (Phi) is 34.1. The Balaban J connectivity index is 1.55. The van der Waals surface area contributed by atoms with Crippen molar-refractivity contribution in [3.63, 3.8) is 0 Å². The van der Waals surface area contributed by atoms with Crippen molar-refractivity contribution in [2.24, 2.45) is 35.1 Å². The molecule has 6 rings (SSSR count). The van der Waals surface area contributed by atoms with E-state index in [1.54, 1.807) is 26.0 Å². The van der Waals surface area contributed by atoms with E-state index in [1.165, 1.54) is 50.2 Å². The molecule has 4 aliphatic rings. The van der Waals surface area contributed by atoms with Crippen LogP contribution in [0.1, 0.15) is 109 Å². The summed E-state index contributed by atoms with van der Waals surface area (Å²) in [5.41, 5.74) is 13.4. The smallest absolute Gasteiger partial charge is 0.305 e. The van der Waals surface area contributed by atoms with Crippen LogP contribution in [0.25, 0.3) is 0 Å². The maximum absolute atomic E-state index is 15.2. The Morgan fingerprint density at radius 1 is 0.614 bits per heavy atom. The molecule has 0 spiro atoms. The lowest BCUT2D eigenvalue weighted by Gasteiger charge is -2.30. The van der Waals surface area contributed by atoms with E-state index in [0.717, 1.165) is 75.2 Å². The maximum atomic E-state index is 15.2. The van der Waals surface area contributed by atoms with E-state index in [9.17, 15) is 72.9 Å². The van der Waals surface area contributed by atoms with Crippen molar-refractivity contribution in [3.05, 3.63) is 59.7 Å². The van der Waals surface area contributed by atoms with Crippen LogP contribution in [0.3, 0.4) is 0 Å². The number of nitrogens with one attached hydrogen (secondary N) is 7. The summed E-state index contributed by atoms with van der Waals surface area (Å²) in [4.78, 5) is 217. The molecule has 14 N–H and O–H groups in total. The highest BCUT2D eigenvalue weighted by molar-refractivity contribution is 8.77. The molecule has 14 atom stereocenters. The minimum atomic E-state index is -1.77. The number of nitrogens with two attached hydrogens (primary N) is 2. The van der Waals surface area contributed by atoms with Crippen LogP contribution in [0.15, 0.2) is 48.5 Å². The summed E-state index contributed by atoms with van der Waals surface area (Å²) in [6.07, 6.45) is -5.86. The molecule has 0 aliphatic carbocycles. The lowest BCUT2D eigenvalue weighted by atomic mass is 9.89. The topological polar surface area (TPSA) is 465 Å². The van der Waals surface area contributed by atoms with Gasteiger partial charge in [-0.25, -0.2) is 0 Å². The number of aliphatic hydroxyl groups excluding tert-OH is 1. The molecule has 4 aliphatic heterocycles. The van der Waals surface area contributed by atoms with E-state index in [1.807, 2.05) is 0 Å². The molecule has 4 heterocycles. The third-order valence-corrected chi connectivity index (χ3v) is 24.6. The van der Waals surface area contributed by atoms with Crippen molar-refractivity contribution >= 4 is 153 Å². The van der Waals surface area contributed by atoms with E-state index in [-0.39, 0.29) is 97.2 Å². The average molecular weight is 1520 g/mol. The van der Waals surface area contributed by atoms with Gasteiger partial charge in [0.15, 0.2) is 28.9 Å². The van der Waals surface area contributed by atoms with Crippen LogP contribution >= 0.6 is 64.8 Å². The second-order valence-electron chi connectivity index (χ2n) is 25.4. The zero-order chi connectivity index (χ0) is 74.0. The monoisotopic (exact) mass is 1520 g/mol. The van der Waals surface area contributed by atoms with E-state index >= 15 is 14.4 Å². The molecular weight excluding hydrogens is 1430 g/mol. The van der Waals surface area contributed by atoms with Crippen LogP contribution in [-0.4, -0.2) is 216 Å². The number of Topliss-reactive ketones (excluding diaryl/α,β-unsaturated/α-hetero) is 5. The Morgan fingerprint density at radius 3 is 1.78 bits per heavy atom. The predicted molar refractivity (Wildman–Crippen MR) is 384 cm³/mol. The summed E-state index contributed by atoms with van der Waals surface area (Å²) >= 11 is 0. The van der Waals surface area contributed by atoms with Crippen LogP contribution in [0.5, 0.6) is 11.5 Å². The number of phenols is 2. The molecule has 1 unspecified atom stereocenters. The number of carbonyl (C=O) groups is 15. The normalized spacial score (nSPS) is 27.7. The Bertz CT molecular complexity index is 3320. The van der Waals surface area contributed by atoms with Gasteiger partial charge in [0.05, 0.1) is 55.1 Å². The molecule has 29 nitrogen and oxygen atoms in total. The van der Waals surface area contributed by atoms with Gasteiger partial charge in [-0.2, -0.15) is 0 Å². The number of carbonyl (C=O) groups excluding carboxylic acids is 15. The molecule has 9 amide bonds. The van der Waals surface area contributed by atoms with E-state index < -0.39 is 211 Å². The first-order valence-electron chi connectivity index (χ1n) is 33.2. The fourth-order valence-corrected chi connectivity index (χ4v) is 18.8. The SMILES string of the molecule is CCOC(=O)CC[C@@H]1NC(=O)[C@@H]2CSSC[C@@H]3CC(=O)[C@H](C)NC(=O)[C@@H]4CCCN4C(=O)[C@H](CC(N)=O)NC(=O)C(CSSC[C@H](N)C(=O)C2)NC(=O)[C@H](CSSC[C@@H](C(=O)C[C@H](C)Cc2ccc(O)cc2)NC(=O)CCC(=O)[C@H]([C@H](C)O)NC3=O)NC(=O)[C@H](Cc2ccc(O)cc2)CC1=O. The summed E-state index contributed by atoms with van der Waals surface area (Å²) in [5, 5.41) is 49.8. The number of ketones is 5. The number of rotatable bonds is 14. The molecule has 4 bridgehead atoms. The van der Waals surface area contributed by atoms with Gasteiger partial charge in [0.2, 0.25) is 53.2 Å². The number of benzene rings is 2. The second kappa shape index (κ2) is 41.4. The van der Waals surface area contributed by atoms with Gasteiger partial charge in [-0.15, -0.1) is 0 Å². The van der Waals surface area contributed by atoms with Gasteiger partial charge >= 0.3 is 5.97 Å². The number of ether oxygens (including phenoxy) is 1. The minimum absolute atomic E-state index is 0.0304. The van der Waals surface area contributed by atoms with Crippen LogP contribution in [0.2, 0.25) is 0 Å². The van der Waals surface area contributed by atoms with Crippen LogP contribution in [0.4, 0.5) is 0 Å². The predicted octanol–water partition coefficient (Wildman–Crippen LogP) is 1.07. The zero-order valence-corrected chi connectivity index (χ0v) is 61.4. The van der Waals surface area contributed by atoms with Gasteiger partial charge in [0.25, 0.3) is 0 Å². The average Bonchev–Trinajstić information content (AvgIpc) is 1.76. The summed E-state index contributed by atoms with van der Waals surface area (Å²) in [5.74, 6) is -18.8. The largest absolute Gasteiger partial charge is 0.508 e. The minimum Gasteiger partial charge on any atom is -0.508 e. The molecule has 101 heavy (non-hydrogen) atoms. The molecule has 0 saturated carbocycles. The van der Waals surface area contributed by atoms with Crippen LogP contribution in [-0.2, 0) is 89.5 Å². The van der Waals surface area contributed by atoms with Gasteiger partial charge in [0.1, 0.15) is 41.7 Å². The van der Waals surface area contributed by atoms with Crippen molar-refractivity contribution < 1.29 is 92.0 Å². The molecule has 35 heteroatoms. The summed E-state index contributed by atoms with van der Waals surface area (Å²) < 4.78 is 5.18. The molecular formula is C66H90N10O19S6. The molecule has 4 saturated heterocycles. The highest BCUT2D eigenvalue weighted by Crippen LogP contribution is 2.32. The number of esters is 1. The highest BCUT2D eigenvalue weighted by Gasteiger charge is 2.42. The van der Waals surface area contributed by atoms with Gasteiger partial charge < -0.3 is 73.6 Å². The summed E-state index contributed by atoms with van der Waals surface area (Å²) in [6, 6.07) is -1.53. The first kappa shape index (κ1) is 83.1. The summed E-state index contributed by atoms with van der Waals surface area (Å²) in [7, 11) is 5.77. The number of hydrogen-bond donors (Lipinski definition) is 12. The Labute approximate surface area is 608 Å². The number of fused-ring (bicyclic) bond motifs is 20. The number of nitrogens with zero attached hydrogens (tertiary/aromatic N) is 1. The number of aliphatic hydroxyl groups is 1. The second-order valence-corrected chi connectivity index (χ2v) is 33.1. The quantitative estimate of drug-likeness (QED) is 0.0929. The van der Waals surface area contributed by atoms with E-state index in [4.69, 9.17) is 16.2 Å². The molecule has 4 fully saturated rings. The van der Waals surface area contributed by atoms with Crippen LogP contribution in [0, 0.1) is 23.7 Å². The lowest BCUT2D eigenvalue weighted by Crippen LogP contribution is -2.60. The zero-order valence-electron chi connectivity index (χ0n) is 56.5. The van der Waals surface area contributed by atoms with Gasteiger partial charge in [-0.05, 0) is 94.2 Å². The van der Waals surface area contributed by atoms with Crippen molar-refractivity contribution in [1.82, 2.24) is 42.1 Å². The van der Waals surface area contributed by atoms with E-state index in [0.29, 0.717) is 12.0 Å². The Hall–Kier alpha value is -6.89. The third-order valence-electron chi connectivity index (χ3n) is 17.2. The highest BCUT2D eigenvalue weighted by atomic mass is 33.1. The first-order valence-corrected chi connectivity index (χ1v) is 40.7. The van der Waals surface area contributed by atoms with Crippen molar-refractivity contribution in [2.45, 2.75) is 172 Å². The van der Waals surface area contributed by atoms with Crippen molar-refractivity contribution in [2.75, 3.05) is 47.7 Å².